The number of hydrogen-bond donors (Lipinski definition) is 0. The Morgan fingerprint density at radius 2 is 1.00 bits per heavy atom. The Bertz CT molecular complexity index is 11.6. The van der Waals surface area contributed by atoms with E-state index in [2.05, 4.69) is 0 Å². The second kappa shape index (κ2) is 27.1. The van der Waals surface area contributed by atoms with Crippen LogP contribution in [0.1, 0.15) is 0 Å². The van der Waals surface area contributed by atoms with Crippen LogP contribution in [0, 0.1) is 0 Å². The van der Waals surface area contributed by atoms with Gasteiger partial charge in [-0.3, -0.25) is 0 Å². The van der Waals surface area contributed by atoms with Gasteiger partial charge in [0.15, 0.2) is 0 Å². The van der Waals surface area contributed by atoms with E-state index >= 15 is 0 Å². The number of rotatable bonds is 0. The molecule has 0 bridgehead atoms. The molecule has 0 spiro atoms. The second-order valence-corrected chi connectivity index (χ2v) is 0. The largest absolute Gasteiger partial charge is 0 e. The van der Waals surface area contributed by atoms with E-state index in [9.17, 15) is 0 Å². The van der Waals surface area contributed by atoms with E-state index in [0.717, 1.165) is 0 Å². The van der Waals surface area contributed by atoms with Crippen molar-refractivity contribution in [3.63, 3.8) is 0 Å². The molecule has 0 nitrogen and oxygen atoms in total. The molecule has 0 heterocycles. The van der Waals surface area contributed by atoms with E-state index in [1.807, 2.05) is 0 Å². The molecule has 5 heavy (non-hydrogen) atoms. The Morgan fingerprint density at radius 3 is 1.00 bits per heavy atom. The predicted molar refractivity (Wildman–Crippen MR) is 0 cm³/mol. The van der Waals surface area contributed by atoms with Crippen molar-refractivity contribution in [2.75, 3.05) is 0 Å². The van der Waals surface area contributed by atoms with Crippen molar-refractivity contribution in [2.24, 2.45) is 0 Å². The monoisotopic (exact) mass is 635 g/mol. The molecule has 0 aliphatic carbocycles. The van der Waals surface area contributed by atoms with Crippen molar-refractivity contribution in [2.45, 2.75) is 0 Å². The minimum absolute atomic E-state index is 0. The van der Waals surface area contributed by atoms with E-state index in [-0.39, 0.29) is 99.4 Å². The van der Waals surface area contributed by atoms with Crippen LogP contribution in [0.25, 0.3) is 0 Å². The summed E-state index contributed by atoms with van der Waals surface area (Å²) in [5, 5.41) is 0. The van der Waals surface area contributed by atoms with Crippen LogP contribution >= 0.6 is 0 Å². The molecule has 0 aliphatic heterocycles. The summed E-state index contributed by atoms with van der Waals surface area (Å²) in [7, 11) is 0. The number of hydrogen-bond acceptors (Lipinski definition) is 0. The summed E-state index contributed by atoms with van der Waals surface area (Å²) in [5.41, 5.74) is 0. The zero-order valence-electron chi connectivity index (χ0n) is 1.84. The second-order valence-electron chi connectivity index (χ2n) is 0. The van der Waals surface area contributed by atoms with Crippen LogP contribution in [0.3, 0.4) is 0 Å². The Morgan fingerprint density at radius 1 is 1.00 bits per heavy atom. The summed E-state index contributed by atoms with van der Waals surface area (Å²) in [6.45, 7) is 0. The smallest absolute Gasteiger partial charge is 0 e. The molecule has 0 N–H and O–H groups in total. The van der Waals surface area contributed by atoms with Gasteiger partial charge in [0.2, 0.25) is 0 Å². The van der Waals surface area contributed by atoms with Gasteiger partial charge in [-0.05, 0) is 0 Å². The van der Waals surface area contributed by atoms with Crippen LogP contribution in [-0.4, -0.2) is 0 Å². The standard InChI is InChI=1S/Cr.Mo.Pt.Re.Rh. The fourth-order valence-electron chi connectivity index (χ4n) is 0. The van der Waals surface area contributed by atoms with Gasteiger partial charge in [0, 0.05) is 99.4 Å². The third-order valence-corrected chi connectivity index (χ3v) is 0. The van der Waals surface area contributed by atoms with E-state index in [4.69, 9.17) is 0 Å². The van der Waals surface area contributed by atoms with E-state index < -0.39 is 0 Å². The van der Waals surface area contributed by atoms with Gasteiger partial charge in [0.1, 0.15) is 0 Å². The maximum Gasteiger partial charge on any atom is 0 e. The molecule has 0 aromatic rings. The quantitative estimate of drug-likeness (QED) is 0.330. The first-order valence-corrected chi connectivity index (χ1v) is 0. The average Bonchev–Trinajstić information content (AvgIpc) is 0. The summed E-state index contributed by atoms with van der Waals surface area (Å²) < 4.78 is 0. The molecule has 5 heteroatoms. The van der Waals surface area contributed by atoms with Crippen molar-refractivity contribution in [1.29, 1.82) is 0 Å². The summed E-state index contributed by atoms with van der Waals surface area (Å²) in [4.78, 5) is 0. The van der Waals surface area contributed by atoms with E-state index in [1.165, 1.54) is 0 Å². The topological polar surface area (TPSA) is 0 Å². The summed E-state index contributed by atoms with van der Waals surface area (Å²) in [6.07, 6.45) is 0. The van der Waals surface area contributed by atoms with Crippen LogP contribution < -0.4 is 0 Å². The maximum absolute atomic E-state index is 0. The first-order chi connectivity index (χ1) is 0. The minimum atomic E-state index is 0. The zero-order valence-corrected chi connectivity index (χ0v) is 11.8. The van der Waals surface area contributed by atoms with Gasteiger partial charge >= 0.3 is 0 Å². The summed E-state index contributed by atoms with van der Waals surface area (Å²) in [6, 6.07) is 0. The molecule has 0 unspecified atom stereocenters. The molecular formula is CrMoPtReRh. The van der Waals surface area contributed by atoms with Crippen LogP contribution in [-0.2, 0) is 99.4 Å². The third-order valence-electron chi connectivity index (χ3n) is 0. The Kier molecular flexibility index (Phi) is 225. The molecule has 0 aromatic carbocycles. The van der Waals surface area contributed by atoms with Gasteiger partial charge in [-0.1, -0.05) is 0 Å². The van der Waals surface area contributed by atoms with Gasteiger partial charge in [0.05, 0.1) is 0 Å². The molecule has 0 aromatic heterocycles. The predicted octanol–water partition coefficient (Wildman–Crippen LogP) is -0.0125. The van der Waals surface area contributed by atoms with Crippen LogP contribution in [0.2, 0.25) is 0 Å². The molecule has 0 saturated carbocycles. The molecule has 0 rings (SSSR count). The average molecular weight is 632 g/mol. The first kappa shape index (κ1) is 41.6. The fraction of sp³-hybridized carbons (Fsp3) is 0. The summed E-state index contributed by atoms with van der Waals surface area (Å²) >= 11 is 0. The normalized spacial score (nSPS) is 0. The zero-order chi connectivity index (χ0) is 0. The van der Waals surface area contributed by atoms with Crippen LogP contribution in [0.15, 0.2) is 0 Å². The van der Waals surface area contributed by atoms with Crippen molar-refractivity contribution < 1.29 is 99.4 Å². The molecular weight excluding hydrogens is 632 g/mol. The van der Waals surface area contributed by atoms with Gasteiger partial charge in [-0.25, -0.2) is 0 Å². The van der Waals surface area contributed by atoms with E-state index in [1.54, 1.807) is 0 Å². The van der Waals surface area contributed by atoms with Crippen LogP contribution in [0.5, 0.6) is 0 Å². The van der Waals surface area contributed by atoms with E-state index in [0.29, 0.717) is 0 Å². The third kappa shape index (κ3) is 19.0. The molecule has 0 saturated heterocycles. The maximum atomic E-state index is 0. The molecule has 0 atom stereocenters. The van der Waals surface area contributed by atoms with Crippen molar-refractivity contribution in [1.82, 2.24) is 0 Å². The first-order valence-electron chi connectivity index (χ1n) is 0. The fourth-order valence-corrected chi connectivity index (χ4v) is 0. The van der Waals surface area contributed by atoms with Gasteiger partial charge < -0.3 is 0 Å². The molecule has 2 radical (unpaired) electrons. The summed E-state index contributed by atoms with van der Waals surface area (Å²) in [5.74, 6) is 0. The molecule has 0 aliphatic rings. The molecule has 0 amide bonds. The Labute approximate surface area is 97.7 Å². The van der Waals surface area contributed by atoms with Gasteiger partial charge in [0.25, 0.3) is 0 Å². The molecule has 38 valence electrons. The van der Waals surface area contributed by atoms with Crippen LogP contribution in [0.4, 0.5) is 0 Å². The molecule has 0 fully saturated rings. The van der Waals surface area contributed by atoms with Crippen molar-refractivity contribution in [3.05, 3.63) is 0 Å². The van der Waals surface area contributed by atoms with Crippen molar-refractivity contribution in [3.8, 4) is 0 Å². The van der Waals surface area contributed by atoms with Gasteiger partial charge in [-0.2, -0.15) is 0 Å². The minimum Gasteiger partial charge on any atom is 0 e. The van der Waals surface area contributed by atoms with Crippen molar-refractivity contribution >= 4 is 0 Å². The SMILES string of the molecule is [Cr].[Mo].[Pt].[Re].[Rh]. The van der Waals surface area contributed by atoms with Gasteiger partial charge in [-0.15, -0.1) is 0 Å². The Balaban J connectivity index is 0. The Hall–Kier alpha value is 3.19.